The molecule has 0 bridgehead atoms. The van der Waals surface area contributed by atoms with Gasteiger partial charge in [0, 0.05) is 19.8 Å². The summed E-state index contributed by atoms with van der Waals surface area (Å²) in [5.41, 5.74) is 1.99. The van der Waals surface area contributed by atoms with Gasteiger partial charge in [0.25, 0.3) is 0 Å². The van der Waals surface area contributed by atoms with Gasteiger partial charge in [-0.2, -0.15) is 0 Å². The first-order chi connectivity index (χ1) is 4.70. The van der Waals surface area contributed by atoms with E-state index in [-0.39, 0.29) is 0 Å². The van der Waals surface area contributed by atoms with E-state index in [4.69, 9.17) is 7.85 Å². The summed E-state index contributed by atoms with van der Waals surface area (Å²) in [4.78, 5) is 2.04. The zero-order valence-corrected chi connectivity index (χ0v) is 6.33. The minimum absolute atomic E-state index is 0.811. The van der Waals surface area contributed by atoms with Crippen molar-refractivity contribution >= 4 is 19.0 Å². The highest BCUT2D eigenvalue weighted by molar-refractivity contribution is 6.32. The molecule has 0 amide bonds. The Balaban J connectivity index is 2.89. The van der Waals surface area contributed by atoms with Gasteiger partial charge in [-0.15, -0.1) is 0 Å². The Kier molecular flexibility index (Phi) is 2.00. The lowest BCUT2D eigenvalue weighted by Crippen LogP contribution is -2.10. The van der Waals surface area contributed by atoms with E-state index in [1.165, 1.54) is 5.69 Å². The summed E-state index contributed by atoms with van der Waals surface area (Å²) in [6.45, 7) is 0. The highest BCUT2D eigenvalue weighted by Gasteiger charge is 1.90. The van der Waals surface area contributed by atoms with Crippen molar-refractivity contribution in [1.29, 1.82) is 0 Å². The number of nitrogens with zero attached hydrogens (tertiary/aromatic N) is 1. The fraction of sp³-hybridized carbons (Fsp3) is 0.250. The fourth-order valence-corrected chi connectivity index (χ4v) is 0.772. The van der Waals surface area contributed by atoms with Crippen LogP contribution < -0.4 is 10.4 Å². The number of benzene rings is 1. The van der Waals surface area contributed by atoms with Crippen molar-refractivity contribution in [2.75, 3.05) is 19.0 Å². The van der Waals surface area contributed by atoms with Gasteiger partial charge in [-0.1, -0.05) is 17.6 Å². The first-order valence-electron chi connectivity index (χ1n) is 3.23. The molecule has 0 aliphatic rings. The molecular weight excluding hydrogens is 121 g/mol. The molecule has 0 heterocycles. The summed E-state index contributed by atoms with van der Waals surface area (Å²) in [6.07, 6.45) is 0. The van der Waals surface area contributed by atoms with Gasteiger partial charge in [-0.25, -0.2) is 0 Å². The highest BCUT2D eigenvalue weighted by atomic mass is 15.1. The van der Waals surface area contributed by atoms with E-state index in [0.717, 1.165) is 5.46 Å². The predicted octanol–water partition coefficient (Wildman–Crippen LogP) is 0.546. The molecule has 50 valence electrons. The molecule has 0 saturated heterocycles. The normalized spacial score (nSPS) is 9.40. The lowest BCUT2D eigenvalue weighted by molar-refractivity contribution is 1.13. The summed E-state index contributed by atoms with van der Waals surface area (Å²) in [5, 5.41) is 0. The lowest BCUT2D eigenvalue weighted by Gasteiger charge is -2.11. The third-order valence-corrected chi connectivity index (χ3v) is 1.41. The second-order valence-corrected chi connectivity index (χ2v) is 2.49. The summed E-state index contributed by atoms with van der Waals surface area (Å²) < 4.78 is 0. The Hall–Kier alpha value is -0.915. The zero-order chi connectivity index (χ0) is 7.56. The summed E-state index contributed by atoms with van der Waals surface area (Å²) >= 11 is 0. The topological polar surface area (TPSA) is 3.24 Å². The molecule has 1 aromatic carbocycles. The Bertz CT molecular complexity index is 203. The fourth-order valence-electron chi connectivity index (χ4n) is 0.772. The molecule has 0 atom stereocenters. The van der Waals surface area contributed by atoms with Gasteiger partial charge in [0.1, 0.15) is 7.85 Å². The van der Waals surface area contributed by atoms with Crippen molar-refractivity contribution in [3.8, 4) is 0 Å². The van der Waals surface area contributed by atoms with Crippen molar-refractivity contribution in [1.82, 2.24) is 0 Å². The van der Waals surface area contributed by atoms with Crippen LogP contribution in [0.3, 0.4) is 0 Å². The van der Waals surface area contributed by atoms with Crippen LogP contribution in [0.2, 0.25) is 0 Å². The van der Waals surface area contributed by atoms with Crippen LogP contribution in [0.15, 0.2) is 24.3 Å². The smallest absolute Gasteiger partial charge is 0.113 e. The Morgan fingerprint density at radius 3 is 2.00 bits per heavy atom. The largest absolute Gasteiger partial charge is 0.378 e. The minimum atomic E-state index is 0.811. The van der Waals surface area contributed by atoms with Gasteiger partial charge in [0.15, 0.2) is 0 Å². The van der Waals surface area contributed by atoms with Crippen LogP contribution in [-0.4, -0.2) is 21.9 Å². The molecule has 2 radical (unpaired) electrons. The first-order valence-corrected chi connectivity index (χ1v) is 3.23. The van der Waals surface area contributed by atoms with Gasteiger partial charge in [0.05, 0.1) is 0 Å². The monoisotopic (exact) mass is 131 g/mol. The molecule has 0 aliphatic carbocycles. The van der Waals surface area contributed by atoms with Crippen LogP contribution in [0.1, 0.15) is 0 Å². The Morgan fingerprint density at radius 2 is 1.60 bits per heavy atom. The molecule has 0 saturated carbocycles. The molecule has 0 spiro atoms. The highest BCUT2D eigenvalue weighted by Crippen LogP contribution is 2.06. The van der Waals surface area contributed by atoms with Crippen molar-refractivity contribution < 1.29 is 0 Å². The molecule has 1 rings (SSSR count). The molecule has 10 heavy (non-hydrogen) atoms. The van der Waals surface area contributed by atoms with E-state index in [1.807, 2.05) is 43.3 Å². The van der Waals surface area contributed by atoms with E-state index >= 15 is 0 Å². The molecule has 0 aliphatic heterocycles. The molecule has 1 nitrogen and oxygen atoms in total. The Labute approximate surface area is 63.1 Å². The molecule has 1 aromatic rings. The standard InChI is InChI=1S/C8H10BN/c1-10(2)8-5-3-7(9)4-6-8/h3-6H,1-2H3. The first kappa shape index (κ1) is 7.20. The summed E-state index contributed by atoms with van der Waals surface area (Å²) in [5.74, 6) is 0. The molecule has 0 fully saturated rings. The van der Waals surface area contributed by atoms with Gasteiger partial charge in [-0.05, 0) is 12.1 Å². The molecule has 0 aromatic heterocycles. The third-order valence-electron chi connectivity index (χ3n) is 1.41. The molecule has 0 unspecified atom stereocenters. The second kappa shape index (κ2) is 2.78. The quantitative estimate of drug-likeness (QED) is 0.503. The van der Waals surface area contributed by atoms with E-state index in [2.05, 4.69) is 0 Å². The van der Waals surface area contributed by atoms with Crippen LogP contribution >= 0.6 is 0 Å². The number of hydrogen-bond donors (Lipinski definition) is 0. The maximum absolute atomic E-state index is 5.51. The van der Waals surface area contributed by atoms with Gasteiger partial charge >= 0.3 is 0 Å². The molecule has 0 N–H and O–H groups in total. The number of anilines is 1. The van der Waals surface area contributed by atoms with Crippen LogP contribution in [0, 0.1) is 0 Å². The van der Waals surface area contributed by atoms with Crippen molar-refractivity contribution in [3.63, 3.8) is 0 Å². The number of rotatable bonds is 1. The van der Waals surface area contributed by atoms with E-state index in [0.29, 0.717) is 0 Å². The third kappa shape index (κ3) is 1.53. The van der Waals surface area contributed by atoms with Gasteiger partial charge in [-0.3, -0.25) is 0 Å². The average Bonchev–Trinajstić information content (AvgIpc) is 1.88. The summed E-state index contributed by atoms with van der Waals surface area (Å²) in [6, 6.07) is 7.79. The van der Waals surface area contributed by atoms with E-state index in [9.17, 15) is 0 Å². The van der Waals surface area contributed by atoms with E-state index < -0.39 is 0 Å². The van der Waals surface area contributed by atoms with Crippen molar-refractivity contribution in [3.05, 3.63) is 24.3 Å². The van der Waals surface area contributed by atoms with Crippen LogP contribution in [-0.2, 0) is 0 Å². The lowest BCUT2D eigenvalue weighted by atomic mass is 9.96. The van der Waals surface area contributed by atoms with E-state index in [1.54, 1.807) is 0 Å². The molecule has 2 heteroatoms. The number of hydrogen-bond acceptors (Lipinski definition) is 1. The summed E-state index contributed by atoms with van der Waals surface area (Å²) in [7, 11) is 9.52. The van der Waals surface area contributed by atoms with Crippen molar-refractivity contribution in [2.24, 2.45) is 0 Å². The van der Waals surface area contributed by atoms with Crippen LogP contribution in [0.5, 0.6) is 0 Å². The maximum atomic E-state index is 5.51. The van der Waals surface area contributed by atoms with Crippen molar-refractivity contribution in [2.45, 2.75) is 0 Å². The maximum Gasteiger partial charge on any atom is 0.113 e. The SMILES string of the molecule is [B]c1ccc(N(C)C)cc1. The minimum Gasteiger partial charge on any atom is -0.378 e. The van der Waals surface area contributed by atoms with Crippen LogP contribution in [0.4, 0.5) is 5.69 Å². The zero-order valence-electron chi connectivity index (χ0n) is 6.33. The average molecular weight is 131 g/mol. The molecular formula is C8H10BN. The van der Waals surface area contributed by atoms with Crippen LogP contribution in [0.25, 0.3) is 0 Å². The van der Waals surface area contributed by atoms with Gasteiger partial charge < -0.3 is 4.90 Å². The Morgan fingerprint density at radius 1 is 1.10 bits per heavy atom. The van der Waals surface area contributed by atoms with Gasteiger partial charge in [0.2, 0.25) is 0 Å². The second-order valence-electron chi connectivity index (χ2n) is 2.49. The predicted molar refractivity (Wildman–Crippen MR) is 46.2 cm³/mol.